The number of hydrogen-bond acceptors (Lipinski definition) is 4. The number of aromatic nitrogens is 1. The molecular weight excluding hydrogens is 508 g/mol. The first-order valence-corrected chi connectivity index (χ1v) is 14.7. The molecule has 0 bridgehead atoms. The van der Waals surface area contributed by atoms with E-state index in [9.17, 15) is 9.59 Å². The molecule has 0 spiro atoms. The molecule has 1 aromatic heterocycles. The van der Waals surface area contributed by atoms with Gasteiger partial charge < -0.3 is 10.6 Å². The quantitative estimate of drug-likeness (QED) is 0.193. The van der Waals surface area contributed by atoms with Gasteiger partial charge in [0.1, 0.15) is 5.15 Å². The Morgan fingerprint density at radius 1 is 1.23 bits per heavy atom. The van der Waals surface area contributed by atoms with Crippen molar-refractivity contribution in [1.29, 1.82) is 0 Å². The summed E-state index contributed by atoms with van der Waals surface area (Å²) in [5.41, 5.74) is 4.24. The zero-order chi connectivity index (χ0) is 28.4. The van der Waals surface area contributed by atoms with Crippen molar-refractivity contribution in [2.45, 2.75) is 77.8 Å². The van der Waals surface area contributed by atoms with Crippen molar-refractivity contribution in [2.24, 2.45) is 11.8 Å². The van der Waals surface area contributed by atoms with E-state index >= 15 is 0 Å². The minimum atomic E-state index is -0.270. The molecule has 2 heterocycles. The van der Waals surface area contributed by atoms with E-state index in [4.69, 9.17) is 11.6 Å². The summed E-state index contributed by atoms with van der Waals surface area (Å²) in [6.45, 7) is 17.4. The van der Waals surface area contributed by atoms with Crippen molar-refractivity contribution in [3.8, 4) is 0 Å². The van der Waals surface area contributed by atoms with E-state index in [2.05, 4.69) is 60.5 Å². The van der Waals surface area contributed by atoms with Crippen molar-refractivity contribution >= 4 is 23.4 Å². The monoisotopic (exact) mass is 552 g/mol. The Hall–Kier alpha value is -2.70. The number of halogens is 1. The molecule has 39 heavy (non-hydrogen) atoms. The van der Waals surface area contributed by atoms with Crippen molar-refractivity contribution in [1.82, 2.24) is 20.5 Å². The van der Waals surface area contributed by atoms with Gasteiger partial charge in [0.2, 0.25) is 5.91 Å². The molecular formula is C32H45ClN4O2. The molecule has 0 saturated heterocycles. The highest BCUT2D eigenvalue weighted by atomic mass is 35.5. The van der Waals surface area contributed by atoms with Crippen LogP contribution in [0.3, 0.4) is 0 Å². The lowest BCUT2D eigenvalue weighted by Gasteiger charge is -2.34. The average molecular weight is 553 g/mol. The van der Waals surface area contributed by atoms with E-state index in [1.54, 1.807) is 12.1 Å². The molecule has 1 saturated carbocycles. The van der Waals surface area contributed by atoms with E-state index in [-0.39, 0.29) is 29.8 Å². The maximum atomic E-state index is 13.6. The molecule has 7 heteroatoms. The molecule has 2 aliphatic rings. The van der Waals surface area contributed by atoms with E-state index < -0.39 is 0 Å². The van der Waals surface area contributed by atoms with Crippen LogP contribution in [0.2, 0.25) is 5.15 Å². The van der Waals surface area contributed by atoms with E-state index in [1.807, 2.05) is 12.2 Å². The van der Waals surface area contributed by atoms with Gasteiger partial charge in [0.15, 0.2) is 0 Å². The van der Waals surface area contributed by atoms with Gasteiger partial charge in [-0.2, -0.15) is 0 Å². The lowest BCUT2D eigenvalue weighted by atomic mass is 9.83. The molecule has 212 valence electrons. The molecule has 1 aromatic rings. The Bertz CT molecular complexity index is 1080. The predicted molar refractivity (Wildman–Crippen MR) is 161 cm³/mol. The van der Waals surface area contributed by atoms with Crippen LogP contribution in [-0.2, 0) is 4.79 Å². The number of hydrogen-bond donors (Lipinski definition) is 2. The van der Waals surface area contributed by atoms with Crippen LogP contribution in [0.1, 0.15) is 76.1 Å². The Morgan fingerprint density at radius 2 is 2.00 bits per heavy atom. The number of rotatable bonds is 11. The molecule has 2 N–H and O–H groups in total. The first kappa shape index (κ1) is 30.8. The Kier molecular flexibility index (Phi) is 12.0. The Morgan fingerprint density at radius 3 is 2.69 bits per heavy atom. The second-order valence-electron chi connectivity index (χ2n) is 11.4. The first-order chi connectivity index (χ1) is 18.7. The Balaban J connectivity index is 1.66. The number of amides is 2. The van der Waals surface area contributed by atoms with Crippen LogP contribution in [-0.4, -0.2) is 53.4 Å². The van der Waals surface area contributed by atoms with Gasteiger partial charge in [-0.1, -0.05) is 75.2 Å². The molecule has 6 nitrogen and oxygen atoms in total. The fourth-order valence-corrected chi connectivity index (χ4v) is 5.73. The number of nitrogens with zero attached hydrogens (tertiary/aromatic N) is 2. The van der Waals surface area contributed by atoms with Crippen LogP contribution in [0.5, 0.6) is 0 Å². The highest BCUT2D eigenvalue weighted by Crippen LogP contribution is 2.27. The summed E-state index contributed by atoms with van der Waals surface area (Å²) in [4.78, 5) is 33.0. The van der Waals surface area contributed by atoms with E-state index in [0.717, 1.165) is 70.2 Å². The second kappa shape index (κ2) is 15.2. The van der Waals surface area contributed by atoms with Gasteiger partial charge in [-0.05, 0) is 74.8 Å². The molecule has 0 radical (unpaired) electrons. The van der Waals surface area contributed by atoms with Crippen LogP contribution in [0.15, 0.2) is 66.4 Å². The predicted octanol–water partition coefficient (Wildman–Crippen LogP) is 6.27. The van der Waals surface area contributed by atoms with Crippen LogP contribution in [0.25, 0.3) is 0 Å². The molecule has 0 aromatic carbocycles. The van der Waals surface area contributed by atoms with Gasteiger partial charge in [0.05, 0.1) is 17.5 Å². The van der Waals surface area contributed by atoms with Crippen LogP contribution < -0.4 is 10.6 Å². The maximum Gasteiger partial charge on any atom is 0.253 e. The fourth-order valence-electron chi connectivity index (χ4n) is 5.62. The highest BCUT2D eigenvalue weighted by molar-refractivity contribution is 6.29. The summed E-state index contributed by atoms with van der Waals surface area (Å²) in [6.07, 6.45) is 14.0. The summed E-state index contributed by atoms with van der Waals surface area (Å²) in [6, 6.07) is 2.94. The summed E-state index contributed by atoms with van der Waals surface area (Å²) >= 11 is 5.87. The SMILES string of the molecule is C=C/C=C\C1=C(C)CN(CC(=C)[C@H](CC(C)C)NC(=O)[C@@H]2CCCC[C@@H]2NC(=O)c2ccc(Cl)nc2)CCC1. The summed E-state index contributed by atoms with van der Waals surface area (Å²) < 4.78 is 0. The normalized spacial score (nSPS) is 21.5. The second-order valence-corrected chi connectivity index (χ2v) is 11.8. The lowest BCUT2D eigenvalue weighted by molar-refractivity contribution is -0.127. The van der Waals surface area contributed by atoms with Gasteiger partial charge >= 0.3 is 0 Å². The number of nitrogens with one attached hydrogen (secondary N) is 2. The standard InChI is InChI=1S/C32H45ClN4O2/c1-6-7-11-25-12-10-17-37(20-23(25)4)21-24(5)29(18-22(2)3)36-32(39)27-13-8-9-14-28(27)35-31(38)26-15-16-30(33)34-19-26/h6-7,11,15-16,19,22,27-29H,1,5,8-10,12-14,17-18,20-21H2,2-4H3,(H,35,38)(H,36,39)/b11-7-/t27-,28+,29+/m1/s1. The van der Waals surface area contributed by atoms with Crippen LogP contribution in [0, 0.1) is 11.8 Å². The minimum Gasteiger partial charge on any atom is -0.349 e. The van der Waals surface area contributed by atoms with E-state index in [0.29, 0.717) is 16.6 Å². The van der Waals surface area contributed by atoms with Gasteiger partial charge in [-0.25, -0.2) is 4.98 Å². The van der Waals surface area contributed by atoms with E-state index in [1.165, 1.54) is 17.3 Å². The minimum absolute atomic E-state index is 0.00447. The largest absolute Gasteiger partial charge is 0.349 e. The molecule has 1 aliphatic heterocycles. The molecule has 1 fully saturated rings. The fraction of sp³-hybridized carbons (Fsp3) is 0.531. The lowest BCUT2D eigenvalue weighted by Crippen LogP contribution is -2.51. The van der Waals surface area contributed by atoms with Gasteiger partial charge in [-0.15, -0.1) is 0 Å². The number of allylic oxidation sites excluding steroid dienone is 4. The topological polar surface area (TPSA) is 74.3 Å². The number of pyridine rings is 1. The maximum absolute atomic E-state index is 13.6. The van der Waals surface area contributed by atoms with Crippen molar-refractivity contribution in [2.75, 3.05) is 19.6 Å². The van der Waals surface area contributed by atoms with Gasteiger partial charge in [0.25, 0.3) is 5.91 Å². The van der Waals surface area contributed by atoms with Gasteiger partial charge in [-0.3, -0.25) is 14.5 Å². The number of carbonyl (C=O) groups excluding carboxylic acids is 2. The molecule has 3 rings (SSSR count). The summed E-state index contributed by atoms with van der Waals surface area (Å²) in [5.74, 6) is -0.0792. The van der Waals surface area contributed by atoms with Crippen molar-refractivity contribution < 1.29 is 9.59 Å². The molecule has 0 unspecified atom stereocenters. The average Bonchev–Trinajstić information content (AvgIpc) is 3.07. The third kappa shape index (κ3) is 9.47. The van der Waals surface area contributed by atoms with Crippen LogP contribution in [0.4, 0.5) is 0 Å². The van der Waals surface area contributed by atoms with Gasteiger partial charge in [0, 0.05) is 25.3 Å². The summed E-state index contributed by atoms with van der Waals surface area (Å²) in [5, 5.41) is 6.78. The summed E-state index contributed by atoms with van der Waals surface area (Å²) in [7, 11) is 0. The van der Waals surface area contributed by atoms with Crippen molar-refractivity contribution in [3.05, 3.63) is 77.2 Å². The zero-order valence-electron chi connectivity index (χ0n) is 23.8. The smallest absolute Gasteiger partial charge is 0.253 e. The zero-order valence-corrected chi connectivity index (χ0v) is 24.6. The van der Waals surface area contributed by atoms with Crippen LogP contribution >= 0.6 is 11.6 Å². The highest BCUT2D eigenvalue weighted by Gasteiger charge is 2.34. The first-order valence-electron chi connectivity index (χ1n) is 14.3. The molecule has 2 amide bonds. The third-order valence-electron chi connectivity index (χ3n) is 7.71. The van der Waals surface area contributed by atoms with Crippen molar-refractivity contribution in [3.63, 3.8) is 0 Å². The molecule has 3 atom stereocenters. The molecule has 1 aliphatic carbocycles. The Labute approximate surface area is 239 Å². The third-order valence-corrected chi connectivity index (χ3v) is 7.94. The number of carbonyl (C=O) groups is 2.